The van der Waals surface area contributed by atoms with Crippen LogP contribution >= 0.6 is 11.8 Å². The Balaban J connectivity index is 1.45. The van der Waals surface area contributed by atoms with Gasteiger partial charge in [0.15, 0.2) is 11.0 Å². The van der Waals surface area contributed by atoms with Crippen LogP contribution in [0.2, 0.25) is 0 Å². The second-order valence-electron chi connectivity index (χ2n) is 7.91. The monoisotopic (exact) mass is 436 g/mol. The number of likely N-dealkylation sites (tertiary alicyclic amines) is 1. The largest absolute Gasteiger partial charge is 0.307 e. The zero-order valence-corrected chi connectivity index (χ0v) is 18.3. The quantitative estimate of drug-likeness (QED) is 0.403. The summed E-state index contributed by atoms with van der Waals surface area (Å²) in [7, 11) is 0. The highest BCUT2D eigenvalue weighted by Crippen LogP contribution is 2.30. The molecule has 160 valence electrons. The summed E-state index contributed by atoms with van der Waals surface area (Å²) >= 11 is 1.60. The number of pyridine rings is 1. The van der Waals surface area contributed by atoms with E-state index < -0.39 is 0 Å². The summed E-state index contributed by atoms with van der Waals surface area (Å²) in [6.07, 6.45) is 7.75. The number of halogens is 1. The van der Waals surface area contributed by atoms with E-state index in [1.807, 2.05) is 35.0 Å². The van der Waals surface area contributed by atoms with E-state index in [0.29, 0.717) is 5.75 Å². The fourth-order valence-electron chi connectivity index (χ4n) is 4.14. The molecule has 0 bridgehead atoms. The van der Waals surface area contributed by atoms with Crippen LogP contribution in [-0.4, -0.2) is 42.1 Å². The maximum absolute atomic E-state index is 13.6. The first-order valence-corrected chi connectivity index (χ1v) is 11.7. The fourth-order valence-corrected chi connectivity index (χ4v) is 4.98. The Morgan fingerprint density at radius 1 is 1.03 bits per heavy atom. The number of fused-ring (bicyclic) bond motifs is 1. The van der Waals surface area contributed by atoms with E-state index in [-0.39, 0.29) is 11.9 Å². The first kappa shape index (κ1) is 20.2. The fraction of sp³-hybridized carbons (Fsp3) is 0.348. The molecule has 0 spiro atoms. The van der Waals surface area contributed by atoms with Gasteiger partial charge < -0.3 is 4.40 Å². The Kier molecular flexibility index (Phi) is 5.74. The van der Waals surface area contributed by atoms with E-state index in [0.717, 1.165) is 41.1 Å². The lowest BCUT2D eigenvalue weighted by Gasteiger charge is -2.31. The lowest BCUT2D eigenvalue weighted by Crippen LogP contribution is -2.33. The van der Waals surface area contributed by atoms with Crippen molar-refractivity contribution in [3.8, 4) is 5.69 Å². The van der Waals surface area contributed by atoms with Crippen molar-refractivity contribution in [1.29, 1.82) is 0 Å². The molecule has 0 saturated carbocycles. The van der Waals surface area contributed by atoms with Gasteiger partial charge in [-0.25, -0.2) is 9.37 Å². The molecule has 4 heterocycles. The van der Waals surface area contributed by atoms with E-state index in [4.69, 9.17) is 0 Å². The van der Waals surface area contributed by atoms with Gasteiger partial charge in [-0.3, -0.25) is 9.47 Å². The number of imidazole rings is 1. The number of hydrogen-bond acceptors (Lipinski definition) is 5. The summed E-state index contributed by atoms with van der Waals surface area (Å²) < 4.78 is 17.7. The molecule has 31 heavy (non-hydrogen) atoms. The highest BCUT2D eigenvalue weighted by Gasteiger charge is 2.25. The third-order valence-electron chi connectivity index (χ3n) is 5.82. The Morgan fingerprint density at radius 2 is 1.84 bits per heavy atom. The second kappa shape index (κ2) is 8.80. The van der Waals surface area contributed by atoms with E-state index in [9.17, 15) is 4.39 Å². The minimum atomic E-state index is -0.249. The van der Waals surface area contributed by atoms with Gasteiger partial charge in [0.05, 0.1) is 11.7 Å². The van der Waals surface area contributed by atoms with Gasteiger partial charge in [-0.2, -0.15) is 0 Å². The van der Waals surface area contributed by atoms with Crippen molar-refractivity contribution in [2.45, 2.75) is 43.1 Å². The second-order valence-corrected chi connectivity index (χ2v) is 8.85. The van der Waals surface area contributed by atoms with Gasteiger partial charge in [0.2, 0.25) is 0 Å². The van der Waals surface area contributed by atoms with Crippen molar-refractivity contribution in [2.24, 2.45) is 0 Å². The van der Waals surface area contributed by atoms with Gasteiger partial charge in [0.25, 0.3) is 0 Å². The van der Waals surface area contributed by atoms with E-state index in [1.54, 1.807) is 23.9 Å². The van der Waals surface area contributed by atoms with Crippen molar-refractivity contribution in [3.05, 3.63) is 72.2 Å². The average molecular weight is 437 g/mol. The minimum absolute atomic E-state index is 0.141. The van der Waals surface area contributed by atoms with Crippen molar-refractivity contribution in [1.82, 2.24) is 29.0 Å². The van der Waals surface area contributed by atoms with Crippen molar-refractivity contribution < 1.29 is 4.39 Å². The molecule has 3 aromatic heterocycles. The lowest BCUT2D eigenvalue weighted by atomic mass is 10.1. The van der Waals surface area contributed by atoms with Gasteiger partial charge >= 0.3 is 0 Å². The number of thioether (sulfide) groups is 1. The van der Waals surface area contributed by atoms with Gasteiger partial charge in [-0.1, -0.05) is 24.2 Å². The topological polar surface area (TPSA) is 51.2 Å². The molecule has 0 N–H and O–H groups in total. The predicted molar refractivity (Wildman–Crippen MR) is 120 cm³/mol. The first-order valence-electron chi connectivity index (χ1n) is 10.7. The van der Waals surface area contributed by atoms with Gasteiger partial charge in [-0.15, -0.1) is 10.2 Å². The summed E-state index contributed by atoms with van der Waals surface area (Å²) in [6, 6.07) is 12.7. The standard InChI is InChI=1S/C23H25FN6S/c1-17(28-12-4-2-5-13-28)22-26-27-23(30(22)20-10-8-18(24)9-11-20)31-16-19-15-29-14-6-3-7-21(29)25-19/h3,6-11,14-15,17H,2,4-5,12-13,16H2,1H3. The number of hydrogen-bond donors (Lipinski definition) is 0. The van der Waals surface area contributed by atoms with Crippen LogP contribution in [0.1, 0.15) is 43.7 Å². The summed E-state index contributed by atoms with van der Waals surface area (Å²) in [5, 5.41) is 9.89. The Morgan fingerprint density at radius 3 is 2.61 bits per heavy atom. The highest BCUT2D eigenvalue weighted by molar-refractivity contribution is 7.98. The van der Waals surface area contributed by atoms with E-state index in [2.05, 4.69) is 31.6 Å². The van der Waals surface area contributed by atoms with Crippen LogP contribution in [0.25, 0.3) is 11.3 Å². The van der Waals surface area contributed by atoms with E-state index >= 15 is 0 Å². The summed E-state index contributed by atoms with van der Waals surface area (Å²) in [5.41, 5.74) is 2.79. The smallest absolute Gasteiger partial charge is 0.196 e. The SMILES string of the molecule is CC(c1nnc(SCc2cn3ccccc3n2)n1-c1ccc(F)cc1)N1CCCCC1. The van der Waals surface area contributed by atoms with Crippen molar-refractivity contribution >= 4 is 17.4 Å². The van der Waals surface area contributed by atoms with E-state index in [1.165, 1.54) is 31.4 Å². The first-order chi connectivity index (χ1) is 15.2. The third-order valence-corrected chi connectivity index (χ3v) is 6.78. The predicted octanol–water partition coefficient (Wildman–Crippen LogP) is 4.89. The summed E-state index contributed by atoms with van der Waals surface area (Å²) in [6.45, 7) is 4.33. The molecular weight excluding hydrogens is 411 g/mol. The molecule has 1 saturated heterocycles. The van der Waals surface area contributed by atoms with Crippen LogP contribution < -0.4 is 0 Å². The normalized spacial score (nSPS) is 16.1. The molecule has 1 aliphatic heterocycles. The molecule has 1 aliphatic rings. The van der Waals surface area contributed by atoms with Crippen LogP contribution in [-0.2, 0) is 5.75 Å². The third kappa shape index (κ3) is 4.22. The molecule has 1 unspecified atom stereocenters. The zero-order valence-electron chi connectivity index (χ0n) is 17.5. The zero-order chi connectivity index (χ0) is 21.2. The van der Waals surface area contributed by atoms with Crippen LogP contribution in [0.3, 0.4) is 0 Å². The number of piperidine rings is 1. The van der Waals surface area contributed by atoms with Crippen molar-refractivity contribution in [3.63, 3.8) is 0 Å². The van der Waals surface area contributed by atoms with Crippen LogP contribution in [0.15, 0.2) is 60.0 Å². The highest BCUT2D eigenvalue weighted by atomic mass is 32.2. The number of nitrogens with zero attached hydrogens (tertiary/aromatic N) is 6. The van der Waals surface area contributed by atoms with Gasteiger partial charge in [0, 0.05) is 23.8 Å². The minimum Gasteiger partial charge on any atom is -0.307 e. The van der Waals surface area contributed by atoms with Gasteiger partial charge in [0.1, 0.15) is 11.5 Å². The summed E-state index contributed by atoms with van der Waals surface area (Å²) in [5.74, 6) is 1.33. The Labute approximate surface area is 185 Å². The maximum atomic E-state index is 13.6. The van der Waals surface area contributed by atoms with Crippen LogP contribution in [0.4, 0.5) is 4.39 Å². The van der Waals surface area contributed by atoms with Gasteiger partial charge in [-0.05, 0) is 69.3 Å². The Bertz CT molecular complexity index is 1130. The lowest BCUT2D eigenvalue weighted by molar-refractivity contribution is 0.167. The number of benzene rings is 1. The number of rotatable bonds is 6. The molecule has 1 atom stereocenters. The average Bonchev–Trinajstić information content (AvgIpc) is 3.42. The molecule has 6 nitrogen and oxygen atoms in total. The maximum Gasteiger partial charge on any atom is 0.196 e. The molecular formula is C23H25FN6S. The molecule has 1 aromatic carbocycles. The molecule has 0 radical (unpaired) electrons. The van der Waals surface area contributed by atoms with Crippen molar-refractivity contribution in [2.75, 3.05) is 13.1 Å². The number of aromatic nitrogens is 5. The van der Waals surface area contributed by atoms with Crippen LogP contribution in [0.5, 0.6) is 0 Å². The Hall–Kier alpha value is -2.71. The molecule has 8 heteroatoms. The van der Waals surface area contributed by atoms with Crippen LogP contribution in [0, 0.1) is 5.82 Å². The molecule has 1 fully saturated rings. The summed E-state index contributed by atoms with van der Waals surface area (Å²) in [4.78, 5) is 7.15. The molecule has 0 amide bonds. The molecule has 0 aliphatic carbocycles. The molecule has 5 rings (SSSR count). The molecule has 4 aromatic rings.